The minimum absolute atomic E-state index is 0.702. The monoisotopic (exact) mass is 219 g/mol. The van der Waals surface area contributed by atoms with Gasteiger partial charge in [-0.15, -0.1) is 0 Å². The number of likely N-dealkylation sites (N-methyl/N-ethyl adjacent to an activating group) is 1. The molecule has 2 rings (SSSR count). The van der Waals surface area contributed by atoms with E-state index in [0.29, 0.717) is 6.54 Å². The second kappa shape index (κ2) is 4.47. The number of hydrogen-bond acceptors (Lipinski definition) is 5. The third-order valence-electron chi connectivity index (χ3n) is 2.51. The van der Waals surface area contributed by atoms with E-state index in [1.807, 2.05) is 27.0 Å². The fourth-order valence-electron chi connectivity index (χ4n) is 1.78. The summed E-state index contributed by atoms with van der Waals surface area (Å²) >= 11 is 0. The molecule has 1 N–H and O–H groups in total. The van der Waals surface area contributed by atoms with Crippen molar-refractivity contribution in [3.8, 4) is 0 Å². The molecule has 0 atom stereocenters. The molecule has 2 heterocycles. The van der Waals surface area contributed by atoms with Crippen molar-refractivity contribution >= 4 is 5.96 Å². The van der Waals surface area contributed by atoms with E-state index in [9.17, 15) is 0 Å². The Balaban J connectivity index is 1.99. The molecule has 0 unspecified atom stereocenters. The topological polar surface area (TPSA) is 53.4 Å². The summed E-state index contributed by atoms with van der Waals surface area (Å²) < 4.78 is 0. The molecule has 0 aliphatic carbocycles. The summed E-state index contributed by atoms with van der Waals surface area (Å²) in [7, 11) is 2.04. The van der Waals surface area contributed by atoms with E-state index in [2.05, 4.69) is 25.2 Å². The summed E-state index contributed by atoms with van der Waals surface area (Å²) in [5, 5.41) is 3.29. The van der Waals surface area contributed by atoms with E-state index in [-0.39, 0.29) is 0 Å². The number of aliphatic imine (C=N–C) groups is 1. The maximum atomic E-state index is 4.37. The van der Waals surface area contributed by atoms with Gasteiger partial charge in [0.15, 0.2) is 5.96 Å². The normalized spacial score (nSPS) is 15.2. The molecule has 16 heavy (non-hydrogen) atoms. The molecular formula is C11H17N5. The quantitative estimate of drug-likeness (QED) is 0.786. The second-order valence-electron chi connectivity index (χ2n) is 4.03. The zero-order valence-corrected chi connectivity index (χ0v) is 9.99. The van der Waals surface area contributed by atoms with Crippen LogP contribution in [0.15, 0.2) is 11.1 Å². The molecule has 0 aromatic carbocycles. The molecule has 1 aliphatic heterocycles. The van der Waals surface area contributed by atoms with Crippen molar-refractivity contribution in [3.05, 3.63) is 23.3 Å². The van der Waals surface area contributed by atoms with Gasteiger partial charge in [0.2, 0.25) is 0 Å². The summed E-state index contributed by atoms with van der Waals surface area (Å²) in [6.07, 6.45) is 0. The minimum Gasteiger partial charge on any atom is -0.351 e. The number of aryl methyl sites for hydroxylation is 2. The van der Waals surface area contributed by atoms with Gasteiger partial charge in [0, 0.05) is 19.3 Å². The smallest absolute Gasteiger partial charge is 0.194 e. The number of nitrogens with zero attached hydrogens (tertiary/aromatic N) is 4. The van der Waals surface area contributed by atoms with Crippen molar-refractivity contribution in [3.63, 3.8) is 0 Å². The number of nitrogens with one attached hydrogen (secondary N) is 1. The van der Waals surface area contributed by atoms with Crippen LogP contribution in [0.25, 0.3) is 0 Å². The van der Waals surface area contributed by atoms with Crippen molar-refractivity contribution in [2.24, 2.45) is 4.99 Å². The fraction of sp³-hybridized carbons (Fsp3) is 0.545. The van der Waals surface area contributed by atoms with Gasteiger partial charge in [-0.05, 0) is 19.9 Å². The van der Waals surface area contributed by atoms with Crippen LogP contribution in [-0.4, -0.2) is 41.0 Å². The Morgan fingerprint density at radius 1 is 1.38 bits per heavy atom. The SMILES string of the molecule is Cc1cc(CNC2=NCCN2C)nc(C)n1. The van der Waals surface area contributed by atoms with Crippen molar-refractivity contribution in [2.75, 3.05) is 20.1 Å². The first-order chi connectivity index (χ1) is 7.65. The highest BCUT2D eigenvalue weighted by Gasteiger charge is 2.11. The van der Waals surface area contributed by atoms with E-state index in [0.717, 1.165) is 36.3 Å². The molecule has 0 radical (unpaired) electrons. The molecule has 0 spiro atoms. The van der Waals surface area contributed by atoms with Crippen LogP contribution < -0.4 is 5.32 Å². The van der Waals surface area contributed by atoms with Crippen LogP contribution in [0.5, 0.6) is 0 Å². The summed E-state index contributed by atoms with van der Waals surface area (Å²) in [4.78, 5) is 15.1. The lowest BCUT2D eigenvalue weighted by Crippen LogP contribution is -2.35. The van der Waals surface area contributed by atoms with Gasteiger partial charge in [0.05, 0.1) is 18.8 Å². The van der Waals surface area contributed by atoms with Gasteiger partial charge in [-0.1, -0.05) is 0 Å². The van der Waals surface area contributed by atoms with Gasteiger partial charge in [-0.2, -0.15) is 0 Å². The number of hydrogen-bond donors (Lipinski definition) is 1. The van der Waals surface area contributed by atoms with E-state index < -0.39 is 0 Å². The first-order valence-corrected chi connectivity index (χ1v) is 5.46. The Morgan fingerprint density at radius 3 is 2.81 bits per heavy atom. The molecule has 1 aromatic heterocycles. The molecule has 0 bridgehead atoms. The Labute approximate surface area is 95.6 Å². The molecule has 0 fully saturated rings. The van der Waals surface area contributed by atoms with Crippen molar-refractivity contribution < 1.29 is 0 Å². The lowest BCUT2D eigenvalue weighted by molar-refractivity contribution is 0.533. The lowest BCUT2D eigenvalue weighted by atomic mass is 10.3. The van der Waals surface area contributed by atoms with Gasteiger partial charge >= 0.3 is 0 Å². The van der Waals surface area contributed by atoms with Crippen LogP contribution in [0.3, 0.4) is 0 Å². The van der Waals surface area contributed by atoms with Crippen LogP contribution in [-0.2, 0) is 6.54 Å². The molecule has 0 amide bonds. The highest BCUT2D eigenvalue weighted by molar-refractivity contribution is 5.81. The van der Waals surface area contributed by atoms with Gasteiger partial charge in [-0.3, -0.25) is 4.99 Å². The third-order valence-corrected chi connectivity index (χ3v) is 2.51. The Kier molecular flexibility index (Phi) is 3.03. The summed E-state index contributed by atoms with van der Waals surface area (Å²) in [5.74, 6) is 1.77. The lowest BCUT2D eigenvalue weighted by Gasteiger charge is -2.15. The largest absolute Gasteiger partial charge is 0.351 e. The average Bonchev–Trinajstić information content (AvgIpc) is 2.59. The maximum absolute atomic E-state index is 4.37. The first-order valence-electron chi connectivity index (χ1n) is 5.46. The zero-order chi connectivity index (χ0) is 11.5. The standard InChI is InChI=1S/C11H17N5/c1-8-6-10(15-9(2)14-8)7-13-11-12-4-5-16(11)3/h6H,4-5,7H2,1-3H3,(H,12,13). The first kappa shape index (κ1) is 10.9. The fourth-order valence-corrected chi connectivity index (χ4v) is 1.78. The number of aromatic nitrogens is 2. The molecule has 5 nitrogen and oxygen atoms in total. The predicted octanol–water partition coefficient (Wildman–Crippen LogP) is 0.484. The maximum Gasteiger partial charge on any atom is 0.194 e. The van der Waals surface area contributed by atoms with Crippen molar-refractivity contribution in [1.29, 1.82) is 0 Å². The summed E-state index contributed by atoms with van der Waals surface area (Å²) in [5.41, 5.74) is 2.01. The minimum atomic E-state index is 0.702. The average molecular weight is 219 g/mol. The molecule has 0 saturated heterocycles. The van der Waals surface area contributed by atoms with E-state index >= 15 is 0 Å². The Morgan fingerprint density at radius 2 is 2.19 bits per heavy atom. The van der Waals surface area contributed by atoms with Crippen LogP contribution in [0.2, 0.25) is 0 Å². The summed E-state index contributed by atoms with van der Waals surface area (Å²) in [6.45, 7) is 6.46. The van der Waals surface area contributed by atoms with E-state index in [4.69, 9.17) is 0 Å². The number of guanidine groups is 1. The van der Waals surface area contributed by atoms with Crippen LogP contribution in [0.1, 0.15) is 17.2 Å². The van der Waals surface area contributed by atoms with E-state index in [1.165, 1.54) is 0 Å². The highest BCUT2D eigenvalue weighted by atomic mass is 15.3. The zero-order valence-electron chi connectivity index (χ0n) is 9.99. The molecular weight excluding hydrogens is 202 g/mol. The van der Waals surface area contributed by atoms with Gasteiger partial charge in [-0.25, -0.2) is 9.97 Å². The third kappa shape index (κ3) is 2.48. The Bertz CT molecular complexity index is 393. The molecule has 1 aliphatic rings. The second-order valence-corrected chi connectivity index (χ2v) is 4.03. The number of rotatable bonds is 2. The molecule has 1 aromatic rings. The van der Waals surface area contributed by atoms with Crippen molar-refractivity contribution in [1.82, 2.24) is 20.2 Å². The van der Waals surface area contributed by atoms with Gasteiger partial charge in [0.1, 0.15) is 5.82 Å². The summed E-state index contributed by atoms with van der Waals surface area (Å²) in [6, 6.07) is 2.00. The molecule has 5 heteroatoms. The van der Waals surface area contributed by atoms with Crippen LogP contribution in [0.4, 0.5) is 0 Å². The van der Waals surface area contributed by atoms with Gasteiger partial charge in [0.25, 0.3) is 0 Å². The van der Waals surface area contributed by atoms with E-state index in [1.54, 1.807) is 0 Å². The Hall–Kier alpha value is -1.65. The molecule has 86 valence electrons. The predicted molar refractivity (Wildman–Crippen MR) is 63.3 cm³/mol. The van der Waals surface area contributed by atoms with Crippen molar-refractivity contribution in [2.45, 2.75) is 20.4 Å². The van der Waals surface area contributed by atoms with Gasteiger partial charge < -0.3 is 10.2 Å². The van der Waals surface area contributed by atoms with Crippen LogP contribution >= 0.6 is 0 Å². The molecule has 0 saturated carbocycles. The highest BCUT2D eigenvalue weighted by Crippen LogP contribution is 2.01. The van der Waals surface area contributed by atoms with Crippen LogP contribution in [0, 0.1) is 13.8 Å².